The molecule has 2 aliphatic rings. The van der Waals surface area contributed by atoms with Crippen molar-refractivity contribution in [2.45, 2.75) is 32.4 Å². The Labute approximate surface area is 106 Å². The molecule has 1 aromatic rings. The topological polar surface area (TPSA) is 41.9 Å². The van der Waals surface area contributed by atoms with Crippen LogP contribution in [0.5, 0.6) is 5.75 Å². The van der Waals surface area contributed by atoms with Gasteiger partial charge >= 0.3 is 0 Å². The summed E-state index contributed by atoms with van der Waals surface area (Å²) in [5, 5.41) is 0. The maximum atomic E-state index is 11.9. The second-order valence-corrected chi connectivity index (χ2v) is 5.13. The quantitative estimate of drug-likeness (QED) is 0.702. The molecule has 0 atom stereocenters. The molecule has 18 heavy (non-hydrogen) atoms. The van der Waals surface area contributed by atoms with Gasteiger partial charge in [-0.1, -0.05) is 12.1 Å². The number of hydrogen-bond acceptors (Lipinski definition) is 3. The van der Waals surface area contributed by atoms with E-state index in [4.69, 9.17) is 4.74 Å². The molecule has 0 aromatic heterocycles. The summed E-state index contributed by atoms with van der Waals surface area (Å²) < 4.78 is 5.82. The Morgan fingerprint density at radius 1 is 1.33 bits per heavy atom. The van der Waals surface area contributed by atoms with E-state index in [-0.39, 0.29) is 5.91 Å². The van der Waals surface area contributed by atoms with Gasteiger partial charge in [0.25, 0.3) is 0 Å². The number of ether oxygens (including phenoxy) is 1. The van der Waals surface area contributed by atoms with Gasteiger partial charge < -0.3 is 4.74 Å². The number of carbonyl (C=O) groups excluding carboxylic acids is 1. The lowest BCUT2D eigenvalue weighted by atomic mass is 10.1. The van der Waals surface area contributed by atoms with Gasteiger partial charge in [0.15, 0.2) is 5.72 Å². The number of aliphatic imine (C=N–C) groups is 1. The number of hydrogen-bond donors (Lipinski definition) is 0. The van der Waals surface area contributed by atoms with Gasteiger partial charge in [0.1, 0.15) is 11.6 Å². The minimum atomic E-state index is -0.618. The normalized spacial score (nSPS) is 21.3. The van der Waals surface area contributed by atoms with Crippen molar-refractivity contribution in [1.82, 2.24) is 4.90 Å². The van der Waals surface area contributed by atoms with Crippen molar-refractivity contribution in [2.75, 3.05) is 6.54 Å². The second-order valence-electron chi connectivity index (χ2n) is 5.13. The van der Waals surface area contributed by atoms with E-state index in [1.165, 1.54) is 0 Å². The van der Waals surface area contributed by atoms with Crippen molar-refractivity contribution in [3.05, 3.63) is 29.8 Å². The average molecular weight is 244 g/mol. The predicted octanol–water partition coefficient (Wildman–Crippen LogP) is 2.18. The van der Waals surface area contributed by atoms with Crippen LogP contribution >= 0.6 is 0 Å². The number of para-hydroxylation sites is 1. The molecule has 0 N–H and O–H groups in total. The van der Waals surface area contributed by atoms with E-state index in [0.717, 1.165) is 30.1 Å². The summed E-state index contributed by atoms with van der Waals surface area (Å²) in [6.07, 6.45) is 1.52. The number of benzene rings is 1. The third-order valence-electron chi connectivity index (χ3n) is 3.19. The number of amidine groups is 1. The Morgan fingerprint density at radius 3 is 2.83 bits per heavy atom. The summed E-state index contributed by atoms with van der Waals surface area (Å²) in [5.74, 6) is 1.71. The number of carbonyl (C=O) groups is 1. The molecule has 0 radical (unpaired) electrons. The highest BCUT2D eigenvalue weighted by Gasteiger charge is 2.34. The Balaban J connectivity index is 2.10. The Morgan fingerprint density at radius 2 is 2.11 bits per heavy atom. The van der Waals surface area contributed by atoms with Crippen LogP contribution in [0.25, 0.3) is 0 Å². The summed E-state index contributed by atoms with van der Waals surface area (Å²) in [4.78, 5) is 18.3. The third-order valence-corrected chi connectivity index (χ3v) is 3.19. The van der Waals surface area contributed by atoms with Crippen LogP contribution in [0.1, 0.15) is 32.3 Å². The first-order chi connectivity index (χ1) is 8.57. The van der Waals surface area contributed by atoms with Crippen molar-refractivity contribution in [1.29, 1.82) is 0 Å². The van der Waals surface area contributed by atoms with Gasteiger partial charge in [0.2, 0.25) is 5.91 Å². The largest absolute Gasteiger partial charge is 0.466 e. The monoisotopic (exact) mass is 244 g/mol. The Bertz CT molecular complexity index is 534. The van der Waals surface area contributed by atoms with Gasteiger partial charge in [-0.2, -0.15) is 0 Å². The van der Waals surface area contributed by atoms with Gasteiger partial charge in [0.05, 0.1) is 5.56 Å². The van der Waals surface area contributed by atoms with Crippen molar-refractivity contribution in [3.8, 4) is 5.75 Å². The fourth-order valence-electron chi connectivity index (χ4n) is 2.43. The number of fused-ring (bicyclic) bond motifs is 1. The van der Waals surface area contributed by atoms with Gasteiger partial charge in [-0.25, -0.2) is 4.99 Å². The maximum Gasteiger partial charge on any atom is 0.228 e. The third kappa shape index (κ3) is 1.78. The lowest BCUT2D eigenvalue weighted by Crippen LogP contribution is -2.40. The molecule has 1 amide bonds. The van der Waals surface area contributed by atoms with Gasteiger partial charge in [-0.15, -0.1) is 0 Å². The van der Waals surface area contributed by atoms with E-state index in [2.05, 4.69) is 4.99 Å². The minimum Gasteiger partial charge on any atom is -0.466 e. The molecule has 4 nitrogen and oxygen atoms in total. The molecule has 1 saturated heterocycles. The average Bonchev–Trinajstić information content (AvgIpc) is 2.73. The Kier molecular flexibility index (Phi) is 2.40. The molecule has 2 aliphatic heterocycles. The lowest BCUT2D eigenvalue weighted by Gasteiger charge is -2.32. The summed E-state index contributed by atoms with van der Waals surface area (Å²) in [5.41, 5.74) is 0.291. The molecule has 0 spiro atoms. The molecule has 94 valence electrons. The summed E-state index contributed by atoms with van der Waals surface area (Å²) in [6.45, 7) is 4.56. The van der Waals surface area contributed by atoms with E-state index >= 15 is 0 Å². The number of amides is 1. The molecule has 2 heterocycles. The maximum absolute atomic E-state index is 11.9. The van der Waals surface area contributed by atoms with Crippen molar-refractivity contribution in [3.63, 3.8) is 0 Å². The van der Waals surface area contributed by atoms with Crippen LogP contribution in [0.15, 0.2) is 29.3 Å². The summed E-state index contributed by atoms with van der Waals surface area (Å²) in [7, 11) is 0. The first kappa shape index (κ1) is 11.3. The Hall–Kier alpha value is -1.84. The molecule has 3 rings (SSSR count). The zero-order chi connectivity index (χ0) is 12.8. The molecule has 1 aromatic carbocycles. The van der Waals surface area contributed by atoms with Gasteiger partial charge in [-0.05, 0) is 32.4 Å². The molecule has 0 bridgehead atoms. The number of nitrogens with zero attached hydrogens (tertiary/aromatic N) is 2. The van der Waals surface area contributed by atoms with Crippen LogP contribution < -0.4 is 4.74 Å². The molecule has 0 saturated carbocycles. The number of rotatable bonds is 0. The zero-order valence-corrected chi connectivity index (χ0v) is 10.6. The SMILES string of the molecule is CC1(C)N=C(N2CCCC2=O)c2ccccc2O1. The molecular formula is C14H16N2O2. The molecule has 1 fully saturated rings. The predicted molar refractivity (Wildman–Crippen MR) is 68.6 cm³/mol. The van der Waals surface area contributed by atoms with Crippen molar-refractivity contribution >= 4 is 11.7 Å². The number of likely N-dealkylation sites (tertiary alicyclic amines) is 1. The van der Waals surface area contributed by atoms with Crippen LogP contribution in [0.3, 0.4) is 0 Å². The fourth-order valence-corrected chi connectivity index (χ4v) is 2.43. The van der Waals surface area contributed by atoms with Crippen LogP contribution in [0.2, 0.25) is 0 Å². The van der Waals surface area contributed by atoms with Crippen molar-refractivity contribution < 1.29 is 9.53 Å². The highest BCUT2D eigenvalue weighted by molar-refractivity contribution is 6.10. The molecular weight excluding hydrogens is 228 g/mol. The van der Waals surface area contributed by atoms with E-state index < -0.39 is 5.72 Å². The van der Waals surface area contributed by atoms with Crippen LogP contribution in [0.4, 0.5) is 0 Å². The molecule has 0 unspecified atom stereocenters. The highest BCUT2D eigenvalue weighted by atomic mass is 16.5. The highest BCUT2D eigenvalue weighted by Crippen LogP contribution is 2.32. The van der Waals surface area contributed by atoms with Crippen LogP contribution in [-0.4, -0.2) is 28.9 Å². The van der Waals surface area contributed by atoms with Crippen molar-refractivity contribution in [2.24, 2.45) is 4.99 Å². The molecule has 0 aliphatic carbocycles. The first-order valence-corrected chi connectivity index (χ1v) is 6.25. The van der Waals surface area contributed by atoms with E-state index in [0.29, 0.717) is 6.42 Å². The van der Waals surface area contributed by atoms with E-state index in [1.54, 1.807) is 4.90 Å². The van der Waals surface area contributed by atoms with E-state index in [1.807, 2.05) is 38.1 Å². The van der Waals surface area contributed by atoms with Crippen LogP contribution in [0, 0.1) is 0 Å². The summed E-state index contributed by atoms with van der Waals surface area (Å²) >= 11 is 0. The minimum absolute atomic E-state index is 0.154. The smallest absolute Gasteiger partial charge is 0.228 e. The van der Waals surface area contributed by atoms with E-state index in [9.17, 15) is 4.79 Å². The standard InChI is InChI=1S/C14H16N2O2/c1-14(2)15-13(16-9-5-8-12(16)17)10-6-3-4-7-11(10)18-14/h3-4,6-7H,5,8-9H2,1-2H3. The van der Waals surface area contributed by atoms with Gasteiger partial charge in [-0.3, -0.25) is 9.69 Å². The molecule has 4 heteroatoms. The lowest BCUT2D eigenvalue weighted by molar-refractivity contribution is -0.124. The van der Waals surface area contributed by atoms with Crippen LogP contribution in [-0.2, 0) is 4.79 Å². The second kappa shape index (κ2) is 3.83. The zero-order valence-electron chi connectivity index (χ0n) is 10.6. The fraction of sp³-hybridized carbons (Fsp3) is 0.429. The first-order valence-electron chi connectivity index (χ1n) is 6.25. The summed E-state index contributed by atoms with van der Waals surface area (Å²) in [6, 6.07) is 7.75. The van der Waals surface area contributed by atoms with Gasteiger partial charge in [0, 0.05) is 13.0 Å².